The van der Waals surface area contributed by atoms with E-state index in [2.05, 4.69) is 35.5 Å². The SMILES string of the molecule is CC(C)CC(N)c1nnc2n1CCC(C)C2. The molecule has 2 heterocycles. The maximum atomic E-state index is 6.18. The van der Waals surface area contributed by atoms with Crippen LogP contribution in [0.2, 0.25) is 0 Å². The predicted molar refractivity (Wildman–Crippen MR) is 63.9 cm³/mol. The highest BCUT2D eigenvalue weighted by Gasteiger charge is 2.23. The number of aromatic nitrogens is 3. The topological polar surface area (TPSA) is 56.7 Å². The molecule has 0 saturated heterocycles. The molecule has 0 spiro atoms. The third-order valence-electron chi connectivity index (χ3n) is 3.29. The Morgan fingerprint density at radius 1 is 1.44 bits per heavy atom. The zero-order valence-corrected chi connectivity index (χ0v) is 10.5. The van der Waals surface area contributed by atoms with E-state index in [0.29, 0.717) is 5.92 Å². The lowest BCUT2D eigenvalue weighted by Gasteiger charge is -2.22. The van der Waals surface area contributed by atoms with Gasteiger partial charge in [0.1, 0.15) is 11.6 Å². The van der Waals surface area contributed by atoms with E-state index in [0.717, 1.165) is 37.0 Å². The first-order valence-corrected chi connectivity index (χ1v) is 6.25. The molecular formula is C12H22N4. The summed E-state index contributed by atoms with van der Waals surface area (Å²) in [6.45, 7) is 7.68. The van der Waals surface area contributed by atoms with Crippen LogP contribution in [0, 0.1) is 11.8 Å². The minimum Gasteiger partial charge on any atom is -0.321 e. The highest BCUT2D eigenvalue weighted by Crippen LogP contribution is 2.24. The summed E-state index contributed by atoms with van der Waals surface area (Å²) in [6.07, 6.45) is 3.24. The second kappa shape index (κ2) is 4.53. The lowest BCUT2D eigenvalue weighted by atomic mass is 9.99. The number of rotatable bonds is 3. The Morgan fingerprint density at radius 2 is 2.19 bits per heavy atom. The van der Waals surface area contributed by atoms with Crippen molar-refractivity contribution < 1.29 is 0 Å². The van der Waals surface area contributed by atoms with Gasteiger partial charge in [-0.05, 0) is 24.7 Å². The van der Waals surface area contributed by atoms with E-state index < -0.39 is 0 Å². The van der Waals surface area contributed by atoms with Gasteiger partial charge in [-0.2, -0.15) is 0 Å². The summed E-state index contributed by atoms with van der Waals surface area (Å²) < 4.78 is 2.23. The average Bonchev–Trinajstić information content (AvgIpc) is 2.59. The van der Waals surface area contributed by atoms with Crippen molar-refractivity contribution >= 4 is 0 Å². The molecular weight excluding hydrogens is 200 g/mol. The first-order valence-electron chi connectivity index (χ1n) is 6.25. The van der Waals surface area contributed by atoms with Gasteiger partial charge in [0.05, 0.1) is 6.04 Å². The van der Waals surface area contributed by atoms with Gasteiger partial charge < -0.3 is 10.3 Å². The summed E-state index contributed by atoms with van der Waals surface area (Å²) in [6, 6.07) is 0.0367. The van der Waals surface area contributed by atoms with Crippen LogP contribution >= 0.6 is 0 Å². The van der Waals surface area contributed by atoms with Gasteiger partial charge in [0.2, 0.25) is 0 Å². The maximum Gasteiger partial charge on any atom is 0.149 e. The molecule has 90 valence electrons. The summed E-state index contributed by atoms with van der Waals surface area (Å²) in [5.74, 6) is 3.43. The van der Waals surface area contributed by atoms with Crippen molar-refractivity contribution in [3.63, 3.8) is 0 Å². The first-order chi connectivity index (χ1) is 7.58. The van der Waals surface area contributed by atoms with Gasteiger partial charge in [0, 0.05) is 13.0 Å². The van der Waals surface area contributed by atoms with Crippen LogP contribution in [0.3, 0.4) is 0 Å². The molecule has 1 aromatic rings. The normalized spacial score (nSPS) is 22.2. The Morgan fingerprint density at radius 3 is 2.88 bits per heavy atom. The third kappa shape index (κ3) is 2.26. The van der Waals surface area contributed by atoms with Crippen molar-refractivity contribution in [3.05, 3.63) is 11.6 Å². The van der Waals surface area contributed by atoms with E-state index >= 15 is 0 Å². The molecule has 1 aliphatic heterocycles. The second-order valence-corrected chi connectivity index (χ2v) is 5.46. The van der Waals surface area contributed by atoms with E-state index in [1.807, 2.05) is 0 Å². The van der Waals surface area contributed by atoms with Crippen LogP contribution in [-0.4, -0.2) is 14.8 Å². The van der Waals surface area contributed by atoms with Gasteiger partial charge in [0.15, 0.2) is 0 Å². The zero-order chi connectivity index (χ0) is 11.7. The molecule has 2 rings (SSSR count). The molecule has 16 heavy (non-hydrogen) atoms. The number of nitrogens with zero attached hydrogens (tertiary/aromatic N) is 3. The van der Waals surface area contributed by atoms with E-state index in [4.69, 9.17) is 5.73 Å². The molecule has 0 saturated carbocycles. The van der Waals surface area contributed by atoms with Crippen LogP contribution in [0.1, 0.15) is 51.3 Å². The zero-order valence-electron chi connectivity index (χ0n) is 10.5. The summed E-state index contributed by atoms with van der Waals surface area (Å²) in [7, 11) is 0. The Hall–Kier alpha value is -0.900. The Labute approximate surface area is 97.2 Å². The monoisotopic (exact) mass is 222 g/mol. The number of fused-ring (bicyclic) bond motifs is 1. The van der Waals surface area contributed by atoms with Crippen LogP contribution < -0.4 is 5.73 Å². The predicted octanol–water partition coefficient (Wildman–Crippen LogP) is 1.91. The lowest BCUT2D eigenvalue weighted by molar-refractivity contribution is 0.388. The average molecular weight is 222 g/mol. The van der Waals surface area contributed by atoms with Crippen molar-refractivity contribution in [1.29, 1.82) is 0 Å². The lowest BCUT2D eigenvalue weighted by Crippen LogP contribution is -2.23. The number of hydrogen-bond donors (Lipinski definition) is 1. The fraction of sp³-hybridized carbons (Fsp3) is 0.833. The first kappa shape index (κ1) is 11.6. The molecule has 0 aliphatic carbocycles. The molecule has 2 N–H and O–H groups in total. The standard InChI is InChI=1S/C12H22N4/c1-8(2)6-10(13)12-15-14-11-7-9(3)4-5-16(11)12/h8-10H,4-7,13H2,1-3H3. The quantitative estimate of drug-likeness (QED) is 0.850. The van der Waals surface area contributed by atoms with Crippen LogP contribution in [0.5, 0.6) is 0 Å². The van der Waals surface area contributed by atoms with Crippen molar-refractivity contribution in [2.24, 2.45) is 17.6 Å². The van der Waals surface area contributed by atoms with Gasteiger partial charge in [-0.15, -0.1) is 10.2 Å². The molecule has 0 aromatic carbocycles. The molecule has 2 atom stereocenters. The van der Waals surface area contributed by atoms with Crippen LogP contribution in [0.15, 0.2) is 0 Å². The van der Waals surface area contributed by atoms with Crippen molar-refractivity contribution in [1.82, 2.24) is 14.8 Å². The highest BCUT2D eigenvalue weighted by molar-refractivity contribution is 5.03. The smallest absolute Gasteiger partial charge is 0.149 e. The molecule has 1 aliphatic rings. The van der Waals surface area contributed by atoms with E-state index in [-0.39, 0.29) is 6.04 Å². The van der Waals surface area contributed by atoms with Crippen LogP contribution in [-0.2, 0) is 13.0 Å². The summed E-state index contributed by atoms with van der Waals surface area (Å²) >= 11 is 0. The fourth-order valence-corrected chi connectivity index (χ4v) is 2.39. The van der Waals surface area contributed by atoms with Gasteiger partial charge in [-0.1, -0.05) is 20.8 Å². The molecule has 0 fully saturated rings. The van der Waals surface area contributed by atoms with Gasteiger partial charge in [-0.25, -0.2) is 0 Å². The van der Waals surface area contributed by atoms with Crippen molar-refractivity contribution in [2.45, 2.75) is 52.6 Å². The van der Waals surface area contributed by atoms with Gasteiger partial charge >= 0.3 is 0 Å². The highest BCUT2D eigenvalue weighted by atomic mass is 15.3. The summed E-state index contributed by atoms with van der Waals surface area (Å²) in [4.78, 5) is 0. The molecule has 0 radical (unpaired) electrons. The number of nitrogens with two attached hydrogens (primary N) is 1. The van der Waals surface area contributed by atoms with Crippen LogP contribution in [0.25, 0.3) is 0 Å². The molecule has 0 amide bonds. The van der Waals surface area contributed by atoms with Crippen molar-refractivity contribution in [3.8, 4) is 0 Å². The van der Waals surface area contributed by atoms with E-state index in [1.165, 1.54) is 6.42 Å². The molecule has 2 unspecified atom stereocenters. The summed E-state index contributed by atoms with van der Waals surface area (Å²) in [5.41, 5.74) is 6.18. The Bertz CT molecular complexity index is 356. The second-order valence-electron chi connectivity index (χ2n) is 5.46. The Kier molecular flexibility index (Phi) is 3.28. The maximum absolute atomic E-state index is 6.18. The molecule has 1 aromatic heterocycles. The Balaban J connectivity index is 2.17. The van der Waals surface area contributed by atoms with Gasteiger partial charge in [0.25, 0.3) is 0 Å². The molecule has 4 nitrogen and oxygen atoms in total. The van der Waals surface area contributed by atoms with Gasteiger partial charge in [-0.3, -0.25) is 0 Å². The fourth-order valence-electron chi connectivity index (χ4n) is 2.39. The van der Waals surface area contributed by atoms with Crippen LogP contribution in [0.4, 0.5) is 0 Å². The summed E-state index contributed by atoms with van der Waals surface area (Å²) in [5, 5.41) is 8.54. The number of hydrogen-bond acceptors (Lipinski definition) is 3. The van der Waals surface area contributed by atoms with E-state index in [9.17, 15) is 0 Å². The minimum atomic E-state index is 0.0367. The van der Waals surface area contributed by atoms with E-state index in [1.54, 1.807) is 0 Å². The molecule has 4 heteroatoms. The largest absolute Gasteiger partial charge is 0.321 e. The third-order valence-corrected chi connectivity index (χ3v) is 3.29. The minimum absolute atomic E-state index is 0.0367. The molecule has 0 bridgehead atoms. The van der Waals surface area contributed by atoms with Crippen molar-refractivity contribution in [2.75, 3.05) is 0 Å².